The number of anilines is 1. The molecule has 3 rings (SSSR count). The van der Waals surface area contributed by atoms with Gasteiger partial charge in [-0.05, 0) is 29.3 Å². The molecule has 0 aliphatic rings. The lowest BCUT2D eigenvalue weighted by molar-refractivity contribution is -0.142. The molecule has 0 spiro atoms. The Bertz CT molecular complexity index is 1120. The maximum absolute atomic E-state index is 12.5. The SMILES string of the molecule is COC(=O)C(Cc1cn(C(C)=O)c2ccccc12)NC(=O)Nc1ccc(CN=O)cc1. The number of rotatable bonds is 7. The zero-order valence-electron chi connectivity index (χ0n) is 17.1. The molecule has 0 aliphatic carbocycles. The lowest BCUT2D eigenvalue weighted by atomic mass is 10.1. The van der Waals surface area contributed by atoms with Crippen LogP contribution in [0.1, 0.15) is 22.8 Å². The second-order valence-corrected chi connectivity index (χ2v) is 6.92. The summed E-state index contributed by atoms with van der Waals surface area (Å²) in [6.45, 7) is 1.50. The normalized spacial score (nSPS) is 11.5. The number of amides is 2. The average Bonchev–Trinajstić information content (AvgIpc) is 3.13. The van der Waals surface area contributed by atoms with Crippen molar-refractivity contribution in [1.29, 1.82) is 0 Å². The van der Waals surface area contributed by atoms with Gasteiger partial charge in [0.25, 0.3) is 0 Å². The van der Waals surface area contributed by atoms with Gasteiger partial charge in [0.15, 0.2) is 0 Å². The van der Waals surface area contributed by atoms with E-state index in [2.05, 4.69) is 15.8 Å². The van der Waals surface area contributed by atoms with Gasteiger partial charge < -0.3 is 15.4 Å². The molecule has 1 heterocycles. The van der Waals surface area contributed by atoms with E-state index in [1.165, 1.54) is 18.6 Å². The Hall–Kier alpha value is -4.01. The van der Waals surface area contributed by atoms with Crippen LogP contribution in [0.15, 0.2) is 59.9 Å². The number of esters is 1. The molecule has 9 nitrogen and oxygen atoms in total. The van der Waals surface area contributed by atoms with Crippen molar-refractivity contribution in [3.05, 3.63) is 70.8 Å². The van der Waals surface area contributed by atoms with Gasteiger partial charge in [-0.25, -0.2) is 9.59 Å². The first kappa shape index (κ1) is 21.7. The van der Waals surface area contributed by atoms with Crippen LogP contribution in [-0.4, -0.2) is 35.6 Å². The first-order valence-corrected chi connectivity index (χ1v) is 9.56. The number of hydrogen-bond donors (Lipinski definition) is 2. The number of hydrogen-bond acceptors (Lipinski definition) is 6. The van der Waals surface area contributed by atoms with Crippen LogP contribution < -0.4 is 10.6 Å². The van der Waals surface area contributed by atoms with Gasteiger partial charge in [0, 0.05) is 30.6 Å². The van der Waals surface area contributed by atoms with Crippen LogP contribution in [-0.2, 0) is 22.5 Å². The fourth-order valence-electron chi connectivity index (χ4n) is 3.32. The number of fused-ring (bicyclic) bond motifs is 1. The number of carbonyl (C=O) groups is 3. The molecule has 160 valence electrons. The third kappa shape index (κ3) is 5.13. The van der Waals surface area contributed by atoms with Crippen LogP contribution in [0.4, 0.5) is 10.5 Å². The van der Waals surface area contributed by atoms with Crippen molar-refractivity contribution in [3.63, 3.8) is 0 Å². The van der Waals surface area contributed by atoms with Crippen LogP contribution in [0, 0.1) is 4.91 Å². The fraction of sp³-hybridized carbons (Fsp3) is 0.227. The first-order valence-electron chi connectivity index (χ1n) is 9.56. The highest BCUT2D eigenvalue weighted by atomic mass is 16.5. The minimum atomic E-state index is -0.963. The average molecular weight is 422 g/mol. The van der Waals surface area contributed by atoms with Gasteiger partial charge in [0.1, 0.15) is 12.6 Å². The molecule has 0 saturated carbocycles. The van der Waals surface area contributed by atoms with Crippen LogP contribution in [0.25, 0.3) is 10.9 Å². The summed E-state index contributed by atoms with van der Waals surface area (Å²) in [5.41, 5.74) is 2.66. The standard InChI is InChI=1S/C22H22N4O5/c1-14(27)26-13-16(18-5-3-4-6-20(18)26)11-19(21(28)31-2)25-22(29)24-17-9-7-15(8-10-17)12-23-30/h3-10,13,19H,11-12H2,1-2H3,(H2,24,25,29). The topological polar surface area (TPSA) is 119 Å². The predicted octanol–water partition coefficient (Wildman–Crippen LogP) is 3.47. The van der Waals surface area contributed by atoms with E-state index < -0.39 is 18.0 Å². The number of nitroso groups, excluding NO2 is 1. The summed E-state index contributed by atoms with van der Waals surface area (Å²) in [6.07, 6.45) is 1.81. The van der Waals surface area contributed by atoms with E-state index in [4.69, 9.17) is 4.74 Å². The Kier molecular flexibility index (Phi) is 6.76. The third-order valence-corrected chi connectivity index (χ3v) is 4.81. The predicted molar refractivity (Wildman–Crippen MR) is 116 cm³/mol. The molecule has 9 heteroatoms. The molecule has 1 unspecified atom stereocenters. The minimum absolute atomic E-state index is 0.0464. The summed E-state index contributed by atoms with van der Waals surface area (Å²) in [5, 5.41) is 8.89. The molecule has 0 radical (unpaired) electrons. The molecule has 1 atom stereocenters. The zero-order valence-corrected chi connectivity index (χ0v) is 17.1. The molecule has 2 aromatic carbocycles. The lowest BCUT2D eigenvalue weighted by Crippen LogP contribution is -2.45. The van der Waals surface area contributed by atoms with E-state index >= 15 is 0 Å². The van der Waals surface area contributed by atoms with Crippen molar-refractivity contribution in [2.75, 3.05) is 12.4 Å². The van der Waals surface area contributed by atoms with Gasteiger partial charge >= 0.3 is 12.0 Å². The van der Waals surface area contributed by atoms with Crippen molar-refractivity contribution in [2.24, 2.45) is 5.18 Å². The Morgan fingerprint density at radius 2 is 1.81 bits per heavy atom. The number of urea groups is 1. The molecule has 2 N–H and O–H groups in total. The minimum Gasteiger partial charge on any atom is -0.467 e. The number of benzene rings is 2. The molecular formula is C22H22N4O5. The Morgan fingerprint density at radius 3 is 2.45 bits per heavy atom. The monoisotopic (exact) mass is 422 g/mol. The second-order valence-electron chi connectivity index (χ2n) is 6.92. The molecule has 3 aromatic rings. The van der Waals surface area contributed by atoms with Crippen LogP contribution >= 0.6 is 0 Å². The van der Waals surface area contributed by atoms with Gasteiger partial charge in [-0.3, -0.25) is 9.36 Å². The summed E-state index contributed by atoms with van der Waals surface area (Å²) in [7, 11) is 1.24. The van der Waals surface area contributed by atoms with Gasteiger partial charge in [0.05, 0.1) is 12.6 Å². The molecule has 2 amide bonds. The van der Waals surface area contributed by atoms with Crippen molar-refractivity contribution in [2.45, 2.75) is 25.9 Å². The molecule has 0 saturated heterocycles. The van der Waals surface area contributed by atoms with Crippen molar-refractivity contribution in [3.8, 4) is 0 Å². The third-order valence-electron chi connectivity index (χ3n) is 4.81. The highest BCUT2D eigenvalue weighted by Gasteiger charge is 2.24. The number of nitrogens with one attached hydrogen (secondary N) is 2. The van der Waals surface area contributed by atoms with E-state index in [1.54, 1.807) is 30.5 Å². The number of para-hydroxylation sites is 1. The summed E-state index contributed by atoms with van der Waals surface area (Å²) >= 11 is 0. The maximum Gasteiger partial charge on any atom is 0.328 e. The zero-order chi connectivity index (χ0) is 22.4. The molecular weight excluding hydrogens is 400 g/mol. The summed E-state index contributed by atoms with van der Waals surface area (Å²) in [5.74, 6) is -0.766. The number of aromatic nitrogens is 1. The van der Waals surface area contributed by atoms with E-state index in [1.807, 2.05) is 24.3 Å². The first-order chi connectivity index (χ1) is 14.9. The van der Waals surface area contributed by atoms with Gasteiger partial charge in [0.2, 0.25) is 5.91 Å². The highest BCUT2D eigenvalue weighted by molar-refractivity contribution is 5.95. The Morgan fingerprint density at radius 1 is 1.10 bits per heavy atom. The summed E-state index contributed by atoms with van der Waals surface area (Å²) in [4.78, 5) is 47.1. The highest BCUT2D eigenvalue weighted by Crippen LogP contribution is 2.23. The Balaban J connectivity index is 1.77. The molecule has 0 aliphatic heterocycles. The van der Waals surface area contributed by atoms with Gasteiger partial charge in [-0.2, -0.15) is 4.91 Å². The van der Waals surface area contributed by atoms with Crippen LogP contribution in [0.2, 0.25) is 0 Å². The summed E-state index contributed by atoms with van der Waals surface area (Å²) < 4.78 is 6.36. The number of ether oxygens (including phenoxy) is 1. The fourth-order valence-corrected chi connectivity index (χ4v) is 3.32. The molecule has 1 aromatic heterocycles. The number of methoxy groups -OCH3 is 1. The second kappa shape index (κ2) is 9.66. The Labute approximate surface area is 178 Å². The van der Waals surface area contributed by atoms with Crippen molar-refractivity contribution >= 4 is 34.5 Å². The van der Waals surface area contributed by atoms with E-state index in [0.29, 0.717) is 5.69 Å². The number of nitrogens with zero attached hydrogens (tertiary/aromatic N) is 2. The summed E-state index contributed by atoms with van der Waals surface area (Å²) in [6, 6.07) is 12.4. The van der Waals surface area contributed by atoms with Crippen LogP contribution in [0.5, 0.6) is 0 Å². The largest absolute Gasteiger partial charge is 0.467 e. The van der Waals surface area contributed by atoms with Gasteiger partial charge in [-0.1, -0.05) is 35.5 Å². The van der Waals surface area contributed by atoms with Crippen molar-refractivity contribution < 1.29 is 19.1 Å². The maximum atomic E-state index is 12.5. The molecule has 31 heavy (non-hydrogen) atoms. The smallest absolute Gasteiger partial charge is 0.328 e. The lowest BCUT2D eigenvalue weighted by Gasteiger charge is -2.17. The van der Waals surface area contributed by atoms with E-state index in [-0.39, 0.29) is 18.9 Å². The molecule has 0 fully saturated rings. The number of carbonyl (C=O) groups excluding carboxylic acids is 3. The van der Waals surface area contributed by atoms with E-state index in [0.717, 1.165) is 22.0 Å². The quantitative estimate of drug-likeness (QED) is 0.446. The van der Waals surface area contributed by atoms with Crippen molar-refractivity contribution in [1.82, 2.24) is 9.88 Å². The van der Waals surface area contributed by atoms with Gasteiger partial charge in [-0.15, -0.1) is 0 Å². The molecule has 0 bridgehead atoms. The van der Waals surface area contributed by atoms with Crippen LogP contribution in [0.3, 0.4) is 0 Å². The van der Waals surface area contributed by atoms with E-state index in [9.17, 15) is 19.3 Å².